The van der Waals surface area contributed by atoms with E-state index in [4.69, 9.17) is 30.3 Å². The molecule has 0 spiro atoms. The molecule has 3 heterocycles. The molecule has 0 fully saturated rings. The summed E-state index contributed by atoms with van der Waals surface area (Å²) in [4.78, 5) is 28.0. The average Bonchev–Trinajstić information content (AvgIpc) is 3.51. The fraction of sp³-hybridized carbons (Fsp3) is 0.174. The van der Waals surface area contributed by atoms with Gasteiger partial charge in [0.05, 0.1) is 23.6 Å². The second kappa shape index (κ2) is 9.58. The van der Waals surface area contributed by atoms with Crippen LogP contribution in [0.25, 0.3) is 22.2 Å². The molecule has 0 amide bonds. The fourth-order valence-corrected chi connectivity index (χ4v) is 3.97. The Morgan fingerprint density at radius 3 is 2.72 bits per heavy atom. The number of nitrogens with one attached hydrogen (secondary N) is 2. The molecule has 0 aliphatic carbocycles. The van der Waals surface area contributed by atoms with Crippen molar-refractivity contribution in [1.29, 1.82) is 0 Å². The Balaban J connectivity index is 1.38. The van der Waals surface area contributed by atoms with Crippen molar-refractivity contribution < 1.29 is 28.5 Å². The quantitative estimate of drug-likeness (QED) is 0.149. The second-order valence-electron chi connectivity index (χ2n) is 7.58. The highest BCUT2D eigenvalue weighted by Gasteiger charge is 2.32. The van der Waals surface area contributed by atoms with Crippen molar-refractivity contribution in [2.75, 3.05) is 37.6 Å². The molecule has 0 atom stereocenters. The number of methoxy groups -OCH3 is 1. The van der Waals surface area contributed by atoms with Gasteiger partial charge < -0.3 is 29.4 Å². The molecular weight excluding hydrogens is 494 g/mol. The van der Waals surface area contributed by atoms with Crippen LogP contribution in [0.2, 0.25) is 5.02 Å². The third-order valence-electron chi connectivity index (χ3n) is 5.45. The number of carbonyl (C=O) groups is 1. The molecule has 1 aliphatic heterocycles. The van der Waals surface area contributed by atoms with Crippen molar-refractivity contribution in [3.63, 3.8) is 0 Å². The number of carbonyl (C=O) groups excluding carboxylic acids is 1. The largest absolute Gasteiger partial charge is 0.465 e. The van der Waals surface area contributed by atoms with E-state index in [9.17, 15) is 14.9 Å². The van der Waals surface area contributed by atoms with E-state index in [0.29, 0.717) is 18.1 Å². The molecule has 184 valence electrons. The normalized spacial score (nSPS) is 11.9. The summed E-state index contributed by atoms with van der Waals surface area (Å²) in [5.74, 6) is -0.311. The van der Waals surface area contributed by atoms with Crippen LogP contribution in [0.4, 0.5) is 17.2 Å². The van der Waals surface area contributed by atoms with Gasteiger partial charge in [0.25, 0.3) is 5.69 Å². The number of ether oxygens (including phenoxy) is 3. The first-order valence-corrected chi connectivity index (χ1v) is 11.0. The Morgan fingerprint density at radius 1 is 1.17 bits per heavy atom. The summed E-state index contributed by atoms with van der Waals surface area (Å²) >= 11 is 6.04. The average molecular weight is 512 g/mol. The number of nitro benzene ring substituents is 1. The van der Waals surface area contributed by atoms with Crippen LogP contribution >= 0.6 is 11.6 Å². The lowest BCUT2D eigenvalue weighted by Gasteiger charge is -2.10. The molecular formula is C23H18ClN5O7. The van der Waals surface area contributed by atoms with Crippen LogP contribution in [0.15, 0.2) is 47.1 Å². The van der Waals surface area contributed by atoms with Gasteiger partial charge in [-0.1, -0.05) is 16.8 Å². The zero-order valence-electron chi connectivity index (χ0n) is 18.7. The molecule has 0 saturated carbocycles. The Bertz CT molecular complexity index is 1490. The Hall–Kier alpha value is -4.58. The molecule has 2 aromatic heterocycles. The van der Waals surface area contributed by atoms with E-state index in [2.05, 4.69) is 20.8 Å². The number of benzene rings is 2. The van der Waals surface area contributed by atoms with Crippen LogP contribution in [0.1, 0.15) is 10.4 Å². The molecule has 0 saturated heterocycles. The number of fused-ring (bicyclic) bond motifs is 2. The maximum atomic E-state index is 12.6. The van der Waals surface area contributed by atoms with Gasteiger partial charge in [0.1, 0.15) is 5.56 Å². The molecule has 2 N–H and O–H groups in total. The maximum absolute atomic E-state index is 12.6. The number of halogens is 1. The minimum Gasteiger partial charge on any atom is -0.465 e. The summed E-state index contributed by atoms with van der Waals surface area (Å²) in [5, 5.41) is 23.4. The molecule has 4 aromatic rings. The molecule has 2 aromatic carbocycles. The fourth-order valence-electron chi connectivity index (χ4n) is 3.80. The van der Waals surface area contributed by atoms with Crippen molar-refractivity contribution in [2.24, 2.45) is 0 Å². The van der Waals surface area contributed by atoms with Gasteiger partial charge in [-0.25, -0.2) is 4.79 Å². The first-order chi connectivity index (χ1) is 17.5. The molecule has 13 heteroatoms. The number of hydrogen-bond acceptors (Lipinski definition) is 11. The molecule has 0 unspecified atom stereocenters. The number of rotatable bonds is 8. The number of aromatic nitrogens is 2. The number of anilines is 2. The predicted molar refractivity (Wildman–Crippen MR) is 130 cm³/mol. The van der Waals surface area contributed by atoms with Crippen LogP contribution < -0.4 is 20.1 Å². The zero-order valence-corrected chi connectivity index (χ0v) is 19.5. The number of pyridine rings is 1. The monoisotopic (exact) mass is 511 g/mol. The van der Waals surface area contributed by atoms with Gasteiger partial charge in [0, 0.05) is 41.4 Å². The number of esters is 1. The summed E-state index contributed by atoms with van der Waals surface area (Å²) in [6.07, 6.45) is 1.67. The maximum Gasteiger partial charge on any atom is 0.345 e. The van der Waals surface area contributed by atoms with Crippen LogP contribution in [0.5, 0.6) is 11.5 Å². The zero-order chi connectivity index (χ0) is 25.2. The van der Waals surface area contributed by atoms with E-state index in [1.807, 2.05) is 12.1 Å². The van der Waals surface area contributed by atoms with Crippen molar-refractivity contribution in [3.05, 3.63) is 63.3 Å². The summed E-state index contributed by atoms with van der Waals surface area (Å²) in [6.45, 7) is 0.696. The first kappa shape index (κ1) is 23.2. The van der Waals surface area contributed by atoms with Crippen molar-refractivity contribution in [3.8, 4) is 22.8 Å². The third-order valence-corrected chi connectivity index (χ3v) is 5.69. The number of nitro groups is 1. The summed E-state index contributed by atoms with van der Waals surface area (Å²) in [6, 6.07) is 9.85. The molecule has 12 nitrogen and oxygen atoms in total. The van der Waals surface area contributed by atoms with Crippen LogP contribution in [0.3, 0.4) is 0 Å². The lowest BCUT2D eigenvalue weighted by molar-refractivity contribution is -0.384. The molecule has 0 radical (unpaired) electrons. The van der Waals surface area contributed by atoms with E-state index in [-0.39, 0.29) is 46.7 Å². The Labute approximate surface area is 208 Å². The lowest BCUT2D eigenvalue weighted by Crippen LogP contribution is -2.16. The van der Waals surface area contributed by atoms with E-state index < -0.39 is 10.9 Å². The summed E-state index contributed by atoms with van der Waals surface area (Å²) < 4.78 is 20.8. The minimum atomic E-state index is -0.773. The van der Waals surface area contributed by atoms with Gasteiger partial charge in [0.2, 0.25) is 6.79 Å². The Kier molecular flexibility index (Phi) is 6.17. The molecule has 1 aliphatic rings. The van der Waals surface area contributed by atoms with Gasteiger partial charge in [-0.3, -0.25) is 15.1 Å². The highest BCUT2D eigenvalue weighted by molar-refractivity contribution is 6.31. The van der Waals surface area contributed by atoms with E-state index in [1.54, 1.807) is 18.3 Å². The molecule has 36 heavy (non-hydrogen) atoms. The smallest absolute Gasteiger partial charge is 0.345 e. The van der Waals surface area contributed by atoms with Gasteiger partial charge in [-0.2, -0.15) is 0 Å². The first-order valence-electron chi connectivity index (χ1n) is 10.6. The van der Waals surface area contributed by atoms with E-state index >= 15 is 0 Å². The van der Waals surface area contributed by atoms with E-state index in [0.717, 1.165) is 16.6 Å². The van der Waals surface area contributed by atoms with Gasteiger partial charge >= 0.3 is 5.97 Å². The molecule has 0 bridgehead atoms. The Morgan fingerprint density at radius 2 is 1.94 bits per heavy atom. The minimum absolute atomic E-state index is 0.00485. The number of nitrogens with zero attached hydrogens (tertiary/aromatic N) is 3. The topological polar surface area (TPSA) is 151 Å². The SMILES string of the molecule is COC(=O)c1c(NCCNc2ccnc3cc(Cl)ccc23)noc1-c1cc2c(cc1[N+](=O)[O-])OCO2. The highest BCUT2D eigenvalue weighted by atomic mass is 35.5. The standard InChI is InChI=1S/C23H18ClN5O7/c1-33-23(30)20-21(14-9-18-19(35-11-34-18)10-17(14)29(31)32)36-28-22(20)27-7-6-26-15-4-5-25-16-8-12(24)2-3-13(15)16/h2-5,8-10H,6-7,11H2,1H3,(H,25,26)(H,27,28). The van der Waals surface area contributed by atoms with Gasteiger partial charge in [-0.15, -0.1) is 0 Å². The highest BCUT2D eigenvalue weighted by Crippen LogP contribution is 2.44. The lowest BCUT2D eigenvalue weighted by atomic mass is 10.1. The number of hydrogen-bond donors (Lipinski definition) is 2. The summed E-state index contributed by atoms with van der Waals surface area (Å²) in [5.41, 5.74) is 1.19. The second-order valence-corrected chi connectivity index (χ2v) is 8.02. The predicted octanol–water partition coefficient (Wildman–Crippen LogP) is 4.49. The van der Waals surface area contributed by atoms with Crippen LogP contribution in [-0.2, 0) is 4.74 Å². The van der Waals surface area contributed by atoms with Crippen molar-refractivity contribution in [2.45, 2.75) is 0 Å². The van der Waals surface area contributed by atoms with Crippen LogP contribution in [-0.4, -0.2) is 48.0 Å². The van der Waals surface area contributed by atoms with E-state index in [1.165, 1.54) is 19.2 Å². The van der Waals surface area contributed by atoms with Crippen molar-refractivity contribution in [1.82, 2.24) is 10.1 Å². The molecule has 5 rings (SSSR count). The van der Waals surface area contributed by atoms with Gasteiger partial charge in [-0.05, 0) is 24.3 Å². The van der Waals surface area contributed by atoms with Crippen LogP contribution in [0, 0.1) is 10.1 Å². The van der Waals surface area contributed by atoms with Gasteiger partial charge in [0.15, 0.2) is 28.6 Å². The third kappa shape index (κ3) is 4.29. The van der Waals surface area contributed by atoms with Crippen molar-refractivity contribution >= 4 is 45.7 Å². The summed E-state index contributed by atoms with van der Waals surface area (Å²) in [7, 11) is 1.19.